The van der Waals surface area contributed by atoms with Crippen LogP contribution in [0.25, 0.3) is 33.4 Å². The first kappa shape index (κ1) is 30.1. The number of nitrogen functional groups attached to an aromatic ring is 1. The van der Waals surface area contributed by atoms with Crippen LogP contribution >= 0.6 is 0 Å². The lowest BCUT2D eigenvalue weighted by Crippen LogP contribution is -2.27. The smallest absolute Gasteiger partial charge is 0.0476 e. The Morgan fingerprint density at radius 3 is 1.60 bits per heavy atom. The SMILES string of the molecule is CCCCCCCCC1(CCCCCCCC)c2ccccc2-c2cc(-c3ccccc3)c(N)c(-c3ccccc3)c21. The molecule has 0 bridgehead atoms. The van der Waals surface area contributed by atoms with E-state index in [1.165, 1.54) is 129 Å². The zero-order valence-electron chi connectivity index (χ0n) is 26.1. The Kier molecular flexibility index (Phi) is 10.6. The Morgan fingerprint density at radius 1 is 0.500 bits per heavy atom. The fourth-order valence-corrected chi connectivity index (χ4v) is 7.50. The van der Waals surface area contributed by atoms with E-state index in [0.29, 0.717) is 0 Å². The quantitative estimate of drug-likeness (QED) is 0.108. The monoisotopic (exact) mass is 557 g/mol. The van der Waals surface area contributed by atoms with Crippen LogP contribution in [-0.4, -0.2) is 0 Å². The van der Waals surface area contributed by atoms with E-state index in [4.69, 9.17) is 5.73 Å². The number of fused-ring (bicyclic) bond motifs is 3. The third-order valence-electron chi connectivity index (χ3n) is 9.64. The Morgan fingerprint density at radius 2 is 1.00 bits per heavy atom. The first-order chi connectivity index (χ1) is 20.7. The lowest BCUT2D eigenvalue weighted by atomic mass is 9.68. The van der Waals surface area contributed by atoms with E-state index >= 15 is 0 Å². The van der Waals surface area contributed by atoms with Crippen LogP contribution in [0.3, 0.4) is 0 Å². The molecular weight excluding hydrogens is 506 g/mol. The molecule has 0 aromatic heterocycles. The van der Waals surface area contributed by atoms with Gasteiger partial charge in [0.05, 0.1) is 0 Å². The molecule has 0 fully saturated rings. The molecule has 1 aliphatic carbocycles. The molecule has 0 radical (unpaired) electrons. The van der Waals surface area contributed by atoms with Crippen molar-refractivity contribution in [3.63, 3.8) is 0 Å². The summed E-state index contributed by atoms with van der Waals surface area (Å²) < 4.78 is 0. The predicted molar refractivity (Wildman–Crippen MR) is 184 cm³/mol. The first-order valence-electron chi connectivity index (χ1n) is 16.9. The summed E-state index contributed by atoms with van der Waals surface area (Å²) in [6.45, 7) is 4.61. The second-order valence-corrected chi connectivity index (χ2v) is 12.5. The highest BCUT2D eigenvalue weighted by Crippen LogP contribution is 2.59. The zero-order valence-corrected chi connectivity index (χ0v) is 26.1. The predicted octanol–water partition coefficient (Wildman–Crippen LogP) is 12.4. The van der Waals surface area contributed by atoms with Gasteiger partial charge < -0.3 is 5.73 Å². The summed E-state index contributed by atoms with van der Waals surface area (Å²) in [7, 11) is 0. The van der Waals surface area contributed by atoms with Gasteiger partial charge in [0.25, 0.3) is 0 Å². The van der Waals surface area contributed by atoms with Crippen molar-refractivity contribution >= 4 is 5.69 Å². The minimum atomic E-state index is -0.00402. The van der Waals surface area contributed by atoms with Crippen molar-refractivity contribution in [1.82, 2.24) is 0 Å². The van der Waals surface area contributed by atoms with E-state index in [2.05, 4.69) is 105 Å². The van der Waals surface area contributed by atoms with Crippen LogP contribution in [0.15, 0.2) is 91.0 Å². The molecule has 2 N–H and O–H groups in total. The summed E-state index contributed by atoms with van der Waals surface area (Å²) >= 11 is 0. The van der Waals surface area contributed by atoms with Crippen LogP contribution in [0.5, 0.6) is 0 Å². The third-order valence-corrected chi connectivity index (χ3v) is 9.64. The van der Waals surface area contributed by atoms with Gasteiger partial charge in [-0.15, -0.1) is 0 Å². The average Bonchev–Trinajstić information content (AvgIpc) is 3.30. The number of hydrogen-bond donors (Lipinski definition) is 1. The maximum atomic E-state index is 7.30. The number of rotatable bonds is 16. The summed E-state index contributed by atoms with van der Waals surface area (Å²) in [5, 5.41) is 0. The van der Waals surface area contributed by atoms with E-state index in [1.807, 2.05) is 0 Å². The number of nitrogens with two attached hydrogens (primary N) is 1. The maximum absolute atomic E-state index is 7.30. The zero-order chi connectivity index (χ0) is 29.2. The van der Waals surface area contributed by atoms with Crippen LogP contribution in [0.2, 0.25) is 0 Å². The van der Waals surface area contributed by atoms with E-state index in [-0.39, 0.29) is 5.41 Å². The molecule has 0 heterocycles. The molecule has 0 saturated heterocycles. The molecular formula is C41H51N. The largest absolute Gasteiger partial charge is 0.398 e. The molecule has 0 spiro atoms. The van der Waals surface area contributed by atoms with E-state index in [9.17, 15) is 0 Å². The van der Waals surface area contributed by atoms with Crippen LogP contribution < -0.4 is 5.73 Å². The van der Waals surface area contributed by atoms with E-state index in [1.54, 1.807) is 0 Å². The molecule has 0 amide bonds. The average molecular weight is 558 g/mol. The molecule has 0 aliphatic heterocycles. The van der Waals surface area contributed by atoms with Crippen molar-refractivity contribution in [2.24, 2.45) is 0 Å². The van der Waals surface area contributed by atoms with Crippen molar-refractivity contribution in [2.75, 3.05) is 5.73 Å². The van der Waals surface area contributed by atoms with Crippen LogP contribution in [0.1, 0.15) is 115 Å². The topological polar surface area (TPSA) is 26.0 Å². The second-order valence-electron chi connectivity index (χ2n) is 12.5. The van der Waals surface area contributed by atoms with Crippen LogP contribution in [0, 0.1) is 0 Å². The lowest BCUT2D eigenvalue weighted by molar-refractivity contribution is 0.398. The van der Waals surface area contributed by atoms with Crippen LogP contribution in [-0.2, 0) is 5.41 Å². The summed E-state index contributed by atoms with van der Waals surface area (Å²) in [5.41, 5.74) is 18.9. The van der Waals surface area contributed by atoms with Crippen molar-refractivity contribution in [3.05, 3.63) is 102 Å². The molecule has 0 atom stereocenters. The molecule has 1 nitrogen and oxygen atoms in total. The maximum Gasteiger partial charge on any atom is 0.0476 e. The van der Waals surface area contributed by atoms with Gasteiger partial charge in [-0.1, -0.05) is 176 Å². The standard InChI is InChI=1S/C41H51N/c1-3-5-7-9-11-21-29-41(30-22-12-10-8-6-4-2)37-28-20-19-27-34(37)36-31-35(32-23-15-13-16-24-32)40(42)38(39(36)41)33-25-17-14-18-26-33/h13-20,23-28,31H,3-12,21-22,29-30,42H2,1-2H3. The Bertz CT molecular complexity index is 1390. The number of benzene rings is 4. The number of unbranched alkanes of at least 4 members (excludes halogenated alkanes) is 10. The molecule has 0 unspecified atom stereocenters. The summed E-state index contributed by atoms with van der Waals surface area (Å²) in [6, 6.07) is 33.5. The molecule has 4 aromatic rings. The molecule has 220 valence electrons. The third kappa shape index (κ3) is 6.36. The second kappa shape index (κ2) is 14.7. The highest BCUT2D eigenvalue weighted by molar-refractivity contribution is 6.00. The summed E-state index contributed by atoms with van der Waals surface area (Å²) in [6.07, 6.45) is 18.3. The van der Waals surface area contributed by atoms with Gasteiger partial charge in [0.1, 0.15) is 0 Å². The van der Waals surface area contributed by atoms with Gasteiger partial charge in [-0.05, 0) is 52.3 Å². The fraction of sp³-hybridized carbons (Fsp3) is 0.415. The fourth-order valence-electron chi connectivity index (χ4n) is 7.50. The van der Waals surface area contributed by atoms with Gasteiger partial charge in [0.15, 0.2) is 0 Å². The van der Waals surface area contributed by atoms with Gasteiger partial charge in [-0.2, -0.15) is 0 Å². The van der Waals surface area contributed by atoms with E-state index in [0.717, 1.165) is 11.3 Å². The van der Waals surface area contributed by atoms with Crippen molar-refractivity contribution < 1.29 is 0 Å². The highest BCUT2D eigenvalue weighted by Gasteiger charge is 2.45. The summed E-state index contributed by atoms with van der Waals surface area (Å²) in [4.78, 5) is 0. The normalized spacial score (nSPS) is 13.2. The minimum absolute atomic E-state index is 0.00402. The minimum Gasteiger partial charge on any atom is -0.398 e. The van der Waals surface area contributed by atoms with Crippen LogP contribution in [0.4, 0.5) is 5.69 Å². The Labute approximate surface area is 255 Å². The molecule has 4 aromatic carbocycles. The molecule has 5 rings (SSSR count). The number of anilines is 1. The van der Waals surface area contributed by atoms with Crippen molar-refractivity contribution in [2.45, 2.75) is 109 Å². The first-order valence-corrected chi connectivity index (χ1v) is 16.9. The van der Waals surface area contributed by atoms with Gasteiger partial charge in [0, 0.05) is 22.2 Å². The lowest BCUT2D eigenvalue weighted by Gasteiger charge is -2.35. The van der Waals surface area contributed by atoms with Gasteiger partial charge in [0.2, 0.25) is 0 Å². The Hall–Kier alpha value is -3.32. The highest BCUT2D eigenvalue weighted by atomic mass is 14.6. The summed E-state index contributed by atoms with van der Waals surface area (Å²) in [5.74, 6) is 0. The van der Waals surface area contributed by atoms with Gasteiger partial charge in [-0.25, -0.2) is 0 Å². The molecule has 42 heavy (non-hydrogen) atoms. The molecule has 1 heteroatoms. The van der Waals surface area contributed by atoms with Crippen molar-refractivity contribution in [1.29, 1.82) is 0 Å². The van der Waals surface area contributed by atoms with Gasteiger partial charge >= 0.3 is 0 Å². The molecule has 0 saturated carbocycles. The number of hydrogen-bond acceptors (Lipinski definition) is 1. The van der Waals surface area contributed by atoms with Gasteiger partial charge in [-0.3, -0.25) is 0 Å². The Balaban J connectivity index is 1.66. The van der Waals surface area contributed by atoms with E-state index < -0.39 is 0 Å². The van der Waals surface area contributed by atoms with Crippen molar-refractivity contribution in [3.8, 4) is 33.4 Å². The molecule has 1 aliphatic rings.